The number of carbonyl (C=O) groups is 2. The summed E-state index contributed by atoms with van der Waals surface area (Å²) in [4.78, 5) is 25.2. The number of esters is 1. The average molecular weight is 349 g/mol. The largest absolute Gasteiger partial charge is 0.451 e. The summed E-state index contributed by atoms with van der Waals surface area (Å²) in [5.74, 6) is -1.12. The van der Waals surface area contributed by atoms with E-state index in [1.165, 1.54) is 23.5 Å². The lowest BCUT2D eigenvalue weighted by Crippen LogP contribution is -2.30. The number of rotatable bonds is 7. The molecule has 0 atom stereocenters. The highest BCUT2D eigenvalue weighted by atomic mass is 32.1. The maximum atomic E-state index is 12.8. The molecule has 0 aliphatic carbocycles. The topological polar surface area (TPSA) is 55.4 Å². The van der Waals surface area contributed by atoms with E-state index in [0.29, 0.717) is 17.8 Å². The van der Waals surface area contributed by atoms with Crippen LogP contribution in [0.4, 0.5) is 4.39 Å². The summed E-state index contributed by atoms with van der Waals surface area (Å²) < 4.78 is 17.8. The first-order valence-electron chi connectivity index (χ1n) is 7.77. The van der Waals surface area contributed by atoms with Gasteiger partial charge in [-0.15, -0.1) is 11.3 Å². The molecular weight excluding hydrogens is 329 g/mol. The number of hydrogen-bond acceptors (Lipinski definition) is 4. The van der Waals surface area contributed by atoms with Gasteiger partial charge in [0.1, 0.15) is 10.7 Å². The molecule has 1 aromatic carbocycles. The molecule has 6 heteroatoms. The molecule has 1 amide bonds. The van der Waals surface area contributed by atoms with E-state index < -0.39 is 5.97 Å². The van der Waals surface area contributed by atoms with Crippen molar-refractivity contribution in [2.75, 3.05) is 13.2 Å². The fourth-order valence-electron chi connectivity index (χ4n) is 2.22. The van der Waals surface area contributed by atoms with Crippen LogP contribution in [0, 0.1) is 12.7 Å². The third-order valence-corrected chi connectivity index (χ3v) is 4.66. The van der Waals surface area contributed by atoms with Crippen molar-refractivity contribution < 1.29 is 18.7 Å². The Hall–Kier alpha value is -2.21. The first-order chi connectivity index (χ1) is 11.5. The zero-order valence-electron chi connectivity index (χ0n) is 13.7. The molecule has 0 fully saturated rings. The fraction of sp³-hybridized carbons (Fsp3) is 0.333. The molecule has 0 saturated carbocycles. The first-order valence-corrected chi connectivity index (χ1v) is 8.58. The minimum atomic E-state index is -0.475. The van der Waals surface area contributed by atoms with E-state index in [1.54, 1.807) is 12.1 Å². The van der Waals surface area contributed by atoms with Gasteiger partial charge in [-0.25, -0.2) is 9.18 Å². The van der Waals surface area contributed by atoms with Gasteiger partial charge in [0.05, 0.1) is 0 Å². The molecule has 1 heterocycles. The lowest BCUT2D eigenvalue weighted by Gasteiger charge is -2.06. The van der Waals surface area contributed by atoms with Crippen molar-refractivity contribution in [1.82, 2.24) is 5.32 Å². The summed E-state index contributed by atoms with van der Waals surface area (Å²) in [6, 6.07) is 7.92. The minimum Gasteiger partial charge on any atom is -0.451 e. The number of thiophene rings is 1. The zero-order valence-corrected chi connectivity index (χ0v) is 14.5. The van der Waals surface area contributed by atoms with Crippen molar-refractivity contribution in [1.29, 1.82) is 0 Å². The molecule has 0 aliphatic heterocycles. The summed E-state index contributed by atoms with van der Waals surface area (Å²) >= 11 is 1.38. The summed E-state index contributed by atoms with van der Waals surface area (Å²) in [6.45, 7) is 4.09. The number of aryl methyl sites for hydroxylation is 2. The van der Waals surface area contributed by atoms with Crippen molar-refractivity contribution in [2.24, 2.45) is 0 Å². The highest BCUT2D eigenvalue weighted by Gasteiger charge is 2.14. The molecule has 4 nitrogen and oxygen atoms in total. The van der Waals surface area contributed by atoms with Gasteiger partial charge in [-0.05, 0) is 49.1 Å². The number of carbonyl (C=O) groups excluding carboxylic acids is 2. The molecule has 0 saturated heterocycles. The molecule has 0 spiro atoms. The lowest BCUT2D eigenvalue weighted by atomic mass is 10.1. The first kappa shape index (κ1) is 18.1. The van der Waals surface area contributed by atoms with Gasteiger partial charge in [-0.2, -0.15) is 0 Å². The van der Waals surface area contributed by atoms with E-state index in [1.807, 2.05) is 19.9 Å². The Labute approximate surface area is 144 Å². The summed E-state index contributed by atoms with van der Waals surface area (Å²) in [5, 5.41) is 2.67. The molecule has 1 aromatic heterocycles. The highest BCUT2D eigenvalue weighted by molar-refractivity contribution is 7.14. The average Bonchev–Trinajstić information content (AvgIpc) is 2.95. The van der Waals surface area contributed by atoms with Crippen molar-refractivity contribution in [3.05, 3.63) is 57.0 Å². The number of benzene rings is 1. The maximum Gasteiger partial charge on any atom is 0.348 e. The molecule has 128 valence electrons. The van der Waals surface area contributed by atoms with E-state index in [0.717, 1.165) is 22.4 Å². The second kappa shape index (κ2) is 8.59. The van der Waals surface area contributed by atoms with E-state index in [2.05, 4.69) is 5.32 Å². The van der Waals surface area contributed by atoms with Gasteiger partial charge in [-0.3, -0.25) is 4.79 Å². The van der Waals surface area contributed by atoms with Crippen LogP contribution in [0.15, 0.2) is 30.3 Å². The Morgan fingerprint density at radius 2 is 1.96 bits per heavy atom. The van der Waals surface area contributed by atoms with Gasteiger partial charge in [0, 0.05) is 11.4 Å². The second-order valence-corrected chi connectivity index (χ2v) is 6.60. The molecule has 0 bridgehead atoms. The molecule has 2 rings (SSSR count). The summed E-state index contributed by atoms with van der Waals surface area (Å²) in [5.41, 5.74) is 2.05. The minimum absolute atomic E-state index is 0.287. The van der Waals surface area contributed by atoms with Crippen LogP contribution in [0.3, 0.4) is 0 Å². The number of amides is 1. The zero-order chi connectivity index (χ0) is 17.5. The van der Waals surface area contributed by atoms with E-state index >= 15 is 0 Å². The van der Waals surface area contributed by atoms with Crippen LogP contribution < -0.4 is 5.32 Å². The number of ether oxygens (including phenoxy) is 1. The molecule has 0 radical (unpaired) electrons. The van der Waals surface area contributed by atoms with Crippen LogP contribution in [0.5, 0.6) is 0 Å². The Morgan fingerprint density at radius 1 is 1.25 bits per heavy atom. The van der Waals surface area contributed by atoms with Crippen molar-refractivity contribution in [3.63, 3.8) is 0 Å². The Bertz CT molecular complexity index is 710. The summed E-state index contributed by atoms with van der Waals surface area (Å²) in [7, 11) is 0. The van der Waals surface area contributed by atoms with Crippen LogP contribution in [0.25, 0.3) is 0 Å². The molecule has 2 aromatic rings. The van der Waals surface area contributed by atoms with Crippen molar-refractivity contribution in [2.45, 2.75) is 26.7 Å². The van der Waals surface area contributed by atoms with E-state index in [-0.39, 0.29) is 18.3 Å². The fourth-order valence-corrected chi connectivity index (χ4v) is 3.23. The lowest BCUT2D eigenvalue weighted by molar-refractivity contribution is -0.124. The van der Waals surface area contributed by atoms with Crippen LogP contribution in [0.2, 0.25) is 0 Å². The maximum absolute atomic E-state index is 12.8. The Kier molecular flexibility index (Phi) is 6.49. The van der Waals surface area contributed by atoms with Crippen molar-refractivity contribution in [3.8, 4) is 0 Å². The molecule has 24 heavy (non-hydrogen) atoms. The molecule has 0 aliphatic rings. The number of nitrogens with one attached hydrogen (secondary N) is 1. The van der Waals surface area contributed by atoms with Gasteiger partial charge in [0.25, 0.3) is 5.91 Å². The standard InChI is InChI=1S/C18H20FNO3S/c1-3-14-10-16(24-12(14)2)18(22)23-11-17(21)20-9-8-13-4-6-15(19)7-5-13/h4-7,10H,3,8-9,11H2,1-2H3,(H,20,21). The Morgan fingerprint density at radius 3 is 2.58 bits per heavy atom. The second-order valence-electron chi connectivity index (χ2n) is 5.35. The molecular formula is C18H20FNO3S. The third-order valence-electron chi connectivity index (χ3n) is 3.59. The third kappa shape index (κ3) is 5.16. The quantitative estimate of drug-likeness (QED) is 0.781. The SMILES string of the molecule is CCc1cc(C(=O)OCC(=O)NCCc2ccc(F)cc2)sc1C. The molecule has 0 unspecified atom stereocenters. The monoisotopic (exact) mass is 349 g/mol. The number of hydrogen-bond donors (Lipinski definition) is 1. The van der Waals surface area contributed by atoms with Gasteiger partial charge in [-0.1, -0.05) is 19.1 Å². The van der Waals surface area contributed by atoms with Crippen LogP contribution in [-0.2, 0) is 22.4 Å². The predicted octanol–water partition coefficient (Wildman–Crippen LogP) is 3.27. The van der Waals surface area contributed by atoms with Gasteiger partial charge < -0.3 is 10.1 Å². The van der Waals surface area contributed by atoms with Crippen LogP contribution in [0.1, 0.15) is 32.6 Å². The van der Waals surface area contributed by atoms with Crippen LogP contribution >= 0.6 is 11.3 Å². The molecule has 1 N–H and O–H groups in total. The Balaban J connectivity index is 1.72. The number of halogens is 1. The van der Waals surface area contributed by atoms with Crippen LogP contribution in [-0.4, -0.2) is 25.0 Å². The predicted molar refractivity (Wildman–Crippen MR) is 91.8 cm³/mol. The van der Waals surface area contributed by atoms with E-state index in [4.69, 9.17) is 4.74 Å². The van der Waals surface area contributed by atoms with Crippen molar-refractivity contribution >= 4 is 23.2 Å². The smallest absolute Gasteiger partial charge is 0.348 e. The van der Waals surface area contributed by atoms with Gasteiger partial charge in [0.2, 0.25) is 0 Å². The normalized spacial score (nSPS) is 10.5. The summed E-state index contributed by atoms with van der Waals surface area (Å²) in [6.07, 6.45) is 1.45. The van der Waals surface area contributed by atoms with Gasteiger partial charge >= 0.3 is 5.97 Å². The van der Waals surface area contributed by atoms with Gasteiger partial charge in [0.15, 0.2) is 6.61 Å². The van der Waals surface area contributed by atoms with E-state index in [9.17, 15) is 14.0 Å². The highest BCUT2D eigenvalue weighted by Crippen LogP contribution is 2.22.